The number of nitrogens with two attached hydrogens (primary N) is 1. The van der Waals surface area contributed by atoms with Gasteiger partial charge in [-0.05, 0) is 31.2 Å². The smallest absolute Gasteiger partial charge is 0.0580 e. The van der Waals surface area contributed by atoms with Gasteiger partial charge in [0.1, 0.15) is 0 Å². The molecule has 3 N–H and O–H groups in total. The molecule has 0 aliphatic carbocycles. The van der Waals surface area contributed by atoms with E-state index in [2.05, 4.69) is 20.8 Å². The minimum absolute atomic E-state index is 0.186. The molecule has 0 fully saturated rings. The van der Waals surface area contributed by atoms with Gasteiger partial charge in [0.05, 0.1) is 6.10 Å². The zero-order valence-electron chi connectivity index (χ0n) is 10.7. The topological polar surface area (TPSA) is 46.2 Å². The van der Waals surface area contributed by atoms with Crippen LogP contribution in [0.3, 0.4) is 0 Å². The van der Waals surface area contributed by atoms with Gasteiger partial charge in [0.2, 0.25) is 0 Å². The Bertz CT molecular complexity index is 136. The van der Waals surface area contributed by atoms with Crippen LogP contribution < -0.4 is 5.73 Å². The van der Waals surface area contributed by atoms with Crippen LogP contribution in [0.4, 0.5) is 0 Å². The highest BCUT2D eigenvalue weighted by molar-refractivity contribution is 4.71. The van der Waals surface area contributed by atoms with Crippen molar-refractivity contribution >= 4 is 0 Å². The lowest BCUT2D eigenvalue weighted by Crippen LogP contribution is -2.29. The molecule has 0 radical (unpaired) electrons. The van der Waals surface area contributed by atoms with Crippen molar-refractivity contribution in [3.8, 4) is 0 Å². The first kappa shape index (κ1) is 14.9. The maximum atomic E-state index is 9.98. The van der Waals surface area contributed by atoms with E-state index >= 15 is 0 Å². The fraction of sp³-hybridized carbons (Fsp3) is 1.00. The lowest BCUT2D eigenvalue weighted by Gasteiger charge is -2.23. The monoisotopic (exact) mass is 215 g/mol. The van der Waals surface area contributed by atoms with E-state index in [0.717, 1.165) is 19.3 Å². The van der Waals surface area contributed by atoms with E-state index in [1.807, 2.05) is 0 Å². The number of hydrogen-bond donors (Lipinski definition) is 2. The Labute approximate surface area is 95.3 Å². The maximum absolute atomic E-state index is 9.98. The predicted molar refractivity (Wildman–Crippen MR) is 66.8 cm³/mol. The Morgan fingerprint density at radius 2 is 1.80 bits per heavy atom. The molecule has 2 heteroatoms. The molecule has 0 aromatic rings. The van der Waals surface area contributed by atoms with Gasteiger partial charge >= 0.3 is 0 Å². The van der Waals surface area contributed by atoms with Crippen molar-refractivity contribution in [2.24, 2.45) is 17.6 Å². The summed E-state index contributed by atoms with van der Waals surface area (Å²) in [5.74, 6) is 0.926. The van der Waals surface area contributed by atoms with Crippen molar-refractivity contribution in [1.82, 2.24) is 0 Å². The molecule has 2 unspecified atom stereocenters. The molecule has 0 spiro atoms. The van der Waals surface area contributed by atoms with E-state index in [4.69, 9.17) is 5.73 Å². The lowest BCUT2D eigenvalue weighted by atomic mass is 9.89. The Hall–Kier alpha value is -0.0800. The SMILES string of the molecule is CCCCCCC(O)C(CN)CC(C)C. The summed E-state index contributed by atoms with van der Waals surface area (Å²) in [6.07, 6.45) is 6.71. The molecule has 0 saturated carbocycles. The van der Waals surface area contributed by atoms with Crippen LogP contribution in [-0.4, -0.2) is 17.8 Å². The number of aliphatic hydroxyl groups is 1. The molecule has 0 aliphatic rings. The van der Waals surface area contributed by atoms with Crippen LogP contribution in [0.25, 0.3) is 0 Å². The summed E-state index contributed by atoms with van der Waals surface area (Å²) in [4.78, 5) is 0. The first-order valence-electron chi connectivity index (χ1n) is 6.49. The quantitative estimate of drug-likeness (QED) is 0.581. The van der Waals surface area contributed by atoms with Crippen LogP contribution in [0.1, 0.15) is 59.3 Å². The third kappa shape index (κ3) is 7.80. The zero-order chi connectivity index (χ0) is 11.7. The van der Waals surface area contributed by atoms with Gasteiger partial charge in [-0.1, -0.05) is 46.5 Å². The molecule has 0 rings (SSSR count). The molecule has 0 aromatic heterocycles. The van der Waals surface area contributed by atoms with Gasteiger partial charge in [-0.15, -0.1) is 0 Å². The first-order valence-corrected chi connectivity index (χ1v) is 6.49. The summed E-state index contributed by atoms with van der Waals surface area (Å²) < 4.78 is 0. The summed E-state index contributed by atoms with van der Waals surface area (Å²) in [6, 6.07) is 0. The Morgan fingerprint density at radius 3 is 2.27 bits per heavy atom. The Balaban J connectivity index is 3.68. The molecule has 15 heavy (non-hydrogen) atoms. The van der Waals surface area contributed by atoms with Crippen LogP contribution in [0.5, 0.6) is 0 Å². The van der Waals surface area contributed by atoms with Crippen LogP contribution in [-0.2, 0) is 0 Å². The molecule has 0 amide bonds. The van der Waals surface area contributed by atoms with Gasteiger partial charge < -0.3 is 10.8 Å². The third-order valence-corrected chi connectivity index (χ3v) is 2.97. The highest BCUT2D eigenvalue weighted by atomic mass is 16.3. The average molecular weight is 215 g/mol. The van der Waals surface area contributed by atoms with Crippen molar-refractivity contribution in [3.63, 3.8) is 0 Å². The van der Waals surface area contributed by atoms with Gasteiger partial charge in [-0.2, -0.15) is 0 Å². The summed E-state index contributed by atoms with van der Waals surface area (Å²) >= 11 is 0. The molecule has 92 valence electrons. The fourth-order valence-corrected chi connectivity index (χ4v) is 2.03. The third-order valence-electron chi connectivity index (χ3n) is 2.97. The van der Waals surface area contributed by atoms with Crippen molar-refractivity contribution in [1.29, 1.82) is 0 Å². The van der Waals surface area contributed by atoms with Crippen molar-refractivity contribution < 1.29 is 5.11 Å². The Morgan fingerprint density at radius 1 is 1.13 bits per heavy atom. The summed E-state index contributed by atoms with van der Waals surface area (Å²) in [5, 5.41) is 9.98. The largest absolute Gasteiger partial charge is 0.393 e. The van der Waals surface area contributed by atoms with Gasteiger partial charge in [0.25, 0.3) is 0 Å². The molecule has 2 atom stereocenters. The van der Waals surface area contributed by atoms with Gasteiger partial charge in [-0.25, -0.2) is 0 Å². The summed E-state index contributed by atoms with van der Waals surface area (Å²) in [5.41, 5.74) is 5.69. The van der Waals surface area contributed by atoms with Crippen molar-refractivity contribution in [3.05, 3.63) is 0 Å². The molecular weight excluding hydrogens is 186 g/mol. The average Bonchev–Trinajstić information content (AvgIpc) is 2.20. The predicted octanol–water partition coefficient (Wildman–Crippen LogP) is 2.94. The minimum Gasteiger partial charge on any atom is -0.393 e. The normalized spacial score (nSPS) is 15.6. The van der Waals surface area contributed by atoms with Gasteiger partial charge in [0, 0.05) is 0 Å². The number of unbranched alkanes of at least 4 members (excludes halogenated alkanes) is 3. The van der Waals surface area contributed by atoms with E-state index < -0.39 is 0 Å². The zero-order valence-corrected chi connectivity index (χ0v) is 10.7. The first-order chi connectivity index (χ1) is 7.11. The standard InChI is InChI=1S/C13H29NO/c1-4-5-6-7-8-13(15)12(10-14)9-11(2)3/h11-13,15H,4-10,14H2,1-3H3. The lowest BCUT2D eigenvalue weighted by molar-refractivity contribution is 0.0882. The van der Waals surface area contributed by atoms with E-state index in [0.29, 0.717) is 18.4 Å². The van der Waals surface area contributed by atoms with E-state index in [-0.39, 0.29) is 6.10 Å². The molecule has 0 heterocycles. The fourth-order valence-electron chi connectivity index (χ4n) is 2.03. The van der Waals surface area contributed by atoms with E-state index in [1.165, 1.54) is 19.3 Å². The van der Waals surface area contributed by atoms with E-state index in [9.17, 15) is 5.11 Å². The number of aliphatic hydroxyl groups excluding tert-OH is 1. The van der Waals surface area contributed by atoms with Crippen LogP contribution in [0.15, 0.2) is 0 Å². The highest BCUT2D eigenvalue weighted by Crippen LogP contribution is 2.18. The number of hydrogen-bond acceptors (Lipinski definition) is 2. The summed E-state index contributed by atoms with van der Waals surface area (Å²) in [7, 11) is 0. The van der Waals surface area contributed by atoms with Crippen molar-refractivity contribution in [2.75, 3.05) is 6.54 Å². The van der Waals surface area contributed by atoms with E-state index in [1.54, 1.807) is 0 Å². The summed E-state index contributed by atoms with van der Waals surface area (Å²) in [6.45, 7) is 7.20. The second kappa shape index (κ2) is 9.17. The number of rotatable bonds is 9. The van der Waals surface area contributed by atoms with Gasteiger partial charge in [0.15, 0.2) is 0 Å². The Kier molecular flexibility index (Phi) is 9.12. The van der Waals surface area contributed by atoms with Gasteiger partial charge in [-0.3, -0.25) is 0 Å². The molecule has 0 bridgehead atoms. The molecule has 0 aromatic carbocycles. The molecular formula is C13H29NO. The van der Waals surface area contributed by atoms with Crippen molar-refractivity contribution in [2.45, 2.75) is 65.4 Å². The second-order valence-electron chi connectivity index (χ2n) is 5.04. The molecule has 2 nitrogen and oxygen atoms in total. The minimum atomic E-state index is -0.186. The van der Waals surface area contributed by atoms with Crippen LogP contribution in [0.2, 0.25) is 0 Å². The molecule has 0 saturated heterocycles. The second-order valence-corrected chi connectivity index (χ2v) is 5.04. The molecule has 0 aliphatic heterocycles. The van der Waals surface area contributed by atoms with Crippen LogP contribution in [0, 0.1) is 11.8 Å². The van der Waals surface area contributed by atoms with Crippen LogP contribution >= 0.6 is 0 Å². The maximum Gasteiger partial charge on any atom is 0.0580 e. The highest BCUT2D eigenvalue weighted by Gasteiger charge is 2.18.